The second kappa shape index (κ2) is 5.87. The number of hydrogen-bond donors (Lipinski definition) is 1. The molecule has 4 rings (SSSR count). The van der Waals surface area contributed by atoms with E-state index in [4.69, 9.17) is 10.1 Å². The number of aryl methyl sites for hydroxylation is 2. The van der Waals surface area contributed by atoms with E-state index in [-0.39, 0.29) is 11.4 Å². The molecule has 1 aliphatic rings. The fourth-order valence-electron chi connectivity index (χ4n) is 3.12. The summed E-state index contributed by atoms with van der Waals surface area (Å²) < 4.78 is 1.94. The number of amides is 1. The van der Waals surface area contributed by atoms with Crippen LogP contribution in [0, 0.1) is 13.8 Å². The van der Waals surface area contributed by atoms with Gasteiger partial charge < -0.3 is 0 Å². The molecular formula is C19H23N5OS. The highest BCUT2D eigenvalue weighted by atomic mass is 32.1. The van der Waals surface area contributed by atoms with Crippen LogP contribution in [0.25, 0.3) is 11.0 Å². The zero-order valence-electron chi connectivity index (χ0n) is 15.8. The molecule has 3 aromatic rings. The normalized spacial score (nSPS) is 14.8. The zero-order chi connectivity index (χ0) is 18.6. The van der Waals surface area contributed by atoms with E-state index in [2.05, 4.69) is 31.1 Å². The maximum Gasteiger partial charge on any atom is 0.258 e. The smallest absolute Gasteiger partial charge is 0.258 e. The van der Waals surface area contributed by atoms with Gasteiger partial charge in [0, 0.05) is 22.7 Å². The predicted molar refractivity (Wildman–Crippen MR) is 104 cm³/mol. The summed E-state index contributed by atoms with van der Waals surface area (Å²) in [6, 6.07) is 1.94. The summed E-state index contributed by atoms with van der Waals surface area (Å²) in [7, 11) is 0. The topological polar surface area (TPSA) is 72.7 Å². The molecule has 3 heterocycles. The number of hydrogen-bond acceptors (Lipinski definition) is 5. The van der Waals surface area contributed by atoms with Crippen molar-refractivity contribution in [2.45, 2.75) is 58.9 Å². The van der Waals surface area contributed by atoms with Crippen molar-refractivity contribution >= 4 is 33.4 Å². The number of carbonyl (C=O) groups excluding carboxylic acids is 1. The lowest BCUT2D eigenvalue weighted by Crippen LogP contribution is -2.23. The lowest BCUT2D eigenvalue weighted by Gasteiger charge is -2.20. The molecule has 6 nitrogen and oxygen atoms in total. The van der Waals surface area contributed by atoms with Gasteiger partial charge in [0.1, 0.15) is 0 Å². The number of nitrogens with zero attached hydrogens (tertiary/aromatic N) is 4. The van der Waals surface area contributed by atoms with Crippen molar-refractivity contribution in [1.82, 2.24) is 19.7 Å². The van der Waals surface area contributed by atoms with Gasteiger partial charge in [-0.15, -0.1) is 11.3 Å². The molecule has 0 aromatic carbocycles. The lowest BCUT2D eigenvalue weighted by molar-refractivity contribution is 0.102. The number of aromatic nitrogens is 4. The van der Waals surface area contributed by atoms with E-state index < -0.39 is 0 Å². The number of carbonyl (C=O) groups is 1. The quantitative estimate of drug-likeness (QED) is 0.743. The Balaban J connectivity index is 1.87. The molecule has 0 bridgehead atoms. The third kappa shape index (κ3) is 3.00. The highest BCUT2D eigenvalue weighted by Gasteiger charge is 2.30. The van der Waals surface area contributed by atoms with Crippen LogP contribution in [0.3, 0.4) is 0 Å². The van der Waals surface area contributed by atoms with Crippen molar-refractivity contribution in [1.29, 1.82) is 0 Å². The minimum Gasteiger partial charge on any atom is -0.298 e. The van der Waals surface area contributed by atoms with Crippen molar-refractivity contribution in [3.05, 3.63) is 34.1 Å². The summed E-state index contributed by atoms with van der Waals surface area (Å²) in [5.74, 6) is 0.307. The standard InChI is InChI=1S/C19H23N5OS/c1-10-9-20-18(26-10)22-17(25)13-8-14(12-6-7-12)21-16-15(13)11(2)23-24(16)19(3,4)5/h8-9,12H,6-7H2,1-5H3,(H,20,22,25). The first kappa shape index (κ1) is 17.1. The molecule has 136 valence electrons. The molecule has 1 saturated carbocycles. The minimum absolute atomic E-state index is 0.148. The Morgan fingerprint density at radius 2 is 2.04 bits per heavy atom. The molecule has 0 atom stereocenters. The summed E-state index contributed by atoms with van der Waals surface area (Å²) >= 11 is 1.47. The van der Waals surface area contributed by atoms with E-state index in [1.165, 1.54) is 11.3 Å². The van der Waals surface area contributed by atoms with Crippen molar-refractivity contribution in [3.63, 3.8) is 0 Å². The van der Waals surface area contributed by atoms with Crippen molar-refractivity contribution in [2.75, 3.05) is 5.32 Å². The van der Waals surface area contributed by atoms with Gasteiger partial charge in [-0.05, 0) is 53.5 Å². The van der Waals surface area contributed by atoms with Gasteiger partial charge in [-0.2, -0.15) is 5.10 Å². The van der Waals surface area contributed by atoms with Crippen LogP contribution in [0.4, 0.5) is 5.13 Å². The fraction of sp³-hybridized carbons (Fsp3) is 0.474. The first-order valence-electron chi connectivity index (χ1n) is 8.88. The molecule has 1 amide bonds. The molecule has 7 heteroatoms. The zero-order valence-corrected chi connectivity index (χ0v) is 16.6. The molecule has 0 aliphatic heterocycles. The Kier molecular flexibility index (Phi) is 3.87. The first-order valence-corrected chi connectivity index (χ1v) is 9.70. The molecule has 0 spiro atoms. The Morgan fingerprint density at radius 3 is 2.62 bits per heavy atom. The summed E-state index contributed by atoms with van der Waals surface area (Å²) in [4.78, 5) is 23.2. The number of pyridine rings is 1. The maximum absolute atomic E-state index is 13.0. The number of rotatable bonds is 3. The first-order chi connectivity index (χ1) is 12.2. The van der Waals surface area contributed by atoms with E-state index in [9.17, 15) is 4.79 Å². The van der Waals surface area contributed by atoms with Crippen LogP contribution in [0.5, 0.6) is 0 Å². The highest BCUT2D eigenvalue weighted by molar-refractivity contribution is 7.15. The van der Waals surface area contributed by atoms with Gasteiger partial charge in [0.05, 0.1) is 22.2 Å². The van der Waals surface area contributed by atoms with Crippen molar-refractivity contribution < 1.29 is 4.79 Å². The summed E-state index contributed by atoms with van der Waals surface area (Å²) in [5.41, 5.74) is 3.04. The van der Waals surface area contributed by atoms with Gasteiger partial charge in [0.25, 0.3) is 5.91 Å². The molecule has 26 heavy (non-hydrogen) atoms. The fourth-order valence-corrected chi connectivity index (χ4v) is 3.78. The molecule has 0 unspecified atom stereocenters. The minimum atomic E-state index is -0.206. The van der Waals surface area contributed by atoms with Gasteiger partial charge in [-0.1, -0.05) is 0 Å². The van der Waals surface area contributed by atoms with Crippen LogP contribution in [-0.2, 0) is 5.54 Å². The monoisotopic (exact) mass is 369 g/mol. The second-order valence-electron chi connectivity index (χ2n) is 7.97. The third-order valence-corrected chi connectivity index (χ3v) is 5.38. The number of thiazole rings is 1. The Hall–Kier alpha value is -2.28. The van der Waals surface area contributed by atoms with Crippen LogP contribution >= 0.6 is 11.3 Å². The molecule has 0 saturated heterocycles. The van der Waals surface area contributed by atoms with Crippen molar-refractivity contribution in [3.8, 4) is 0 Å². The molecular weight excluding hydrogens is 346 g/mol. The van der Waals surface area contributed by atoms with E-state index >= 15 is 0 Å². The van der Waals surface area contributed by atoms with Gasteiger partial charge in [-0.25, -0.2) is 14.6 Å². The van der Waals surface area contributed by atoms with Gasteiger partial charge in [0.2, 0.25) is 0 Å². The number of fused-ring (bicyclic) bond motifs is 1. The summed E-state index contributed by atoms with van der Waals surface area (Å²) in [6.45, 7) is 10.2. The molecule has 1 fully saturated rings. The van der Waals surface area contributed by atoms with Crippen LogP contribution in [-0.4, -0.2) is 25.7 Å². The molecule has 1 aliphatic carbocycles. The van der Waals surface area contributed by atoms with E-state index in [0.29, 0.717) is 16.6 Å². The summed E-state index contributed by atoms with van der Waals surface area (Å²) in [5, 5.41) is 9.08. The van der Waals surface area contributed by atoms with Gasteiger partial charge in [0.15, 0.2) is 10.8 Å². The summed E-state index contributed by atoms with van der Waals surface area (Å²) in [6.07, 6.45) is 4.03. The molecule has 0 radical (unpaired) electrons. The Labute approximate surface area is 156 Å². The highest BCUT2D eigenvalue weighted by Crippen LogP contribution is 2.41. The van der Waals surface area contributed by atoms with Crippen molar-refractivity contribution in [2.24, 2.45) is 0 Å². The van der Waals surface area contributed by atoms with Gasteiger partial charge in [-0.3, -0.25) is 10.1 Å². The number of anilines is 1. The van der Waals surface area contributed by atoms with E-state index in [1.807, 2.05) is 24.6 Å². The maximum atomic E-state index is 13.0. The SMILES string of the molecule is Cc1cnc(NC(=O)c2cc(C3CC3)nc3c2c(C)nn3C(C)(C)C)s1. The largest absolute Gasteiger partial charge is 0.298 e. The average Bonchev–Trinajstić information content (AvgIpc) is 3.25. The van der Waals surface area contributed by atoms with Crippen LogP contribution in [0.15, 0.2) is 12.3 Å². The number of nitrogens with one attached hydrogen (secondary N) is 1. The third-order valence-electron chi connectivity index (χ3n) is 4.55. The van der Waals surface area contributed by atoms with Gasteiger partial charge >= 0.3 is 0 Å². The van der Waals surface area contributed by atoms with E-state index in [0.717, 1.165) is 40.1 Å². The van der Waals surface area contributed by atoms with Crippen LogP contribution in [0.1, 0.15) is 66.2 Å². The van der Waals surface area contributed by atoms with E-state index in [1.54, 1.807) is 6.20 Å². The predicted octanol–water partition coefficient (Wildman–Crippen LogP) is 4.39. The molecule has 3 aromatic heterocycles. The Morgan fingerprint density at radius 1 is 1.31 bits per heavy atom. The molecule has 1 N–H and O–H groups in total. The lowest BCUT2D eigenvalue weighted by atomic mass is 10.1. The average molecular weight is 369 g/mol. The van der Waals surface area contributed by atoms with Crippen LogP contribution < -0.4 is 5.32 Å². The second-order valence-corrected chi connectivity index (χ2v) is 9.20. The Bertz CT molecular complexity index is 1010. The van der Waals surface area contributed by atoms with Crippen LogP contribution in [0.2, 0.25) is 0 Å².